The highest BCUT2D eigenvalue weighted by Crippen LogP contribution is 2.15. The zero-order valence-corrected chi connectivity index (χ0v) is 14.8. The maximum Gasteiger partial charge on any atom is 0.344 e. The molecule has 0 spiro atoms. The average Bonchev–Trinajstić information content (AvgIpc) is 3.03. The Labute approximate surface area is 151 Å². The number of aromatic nitrogens is 3. The summed E-state index contributed by atoms with van der Waals surface area (Å²) in [6.07, 6.45) is 0.722. The molecule has 0 aliphatic heterocycles. The number of ether oxygens (including phenoxy) is 2. The number of hydrogen-bond donors (Lipinski definition) is 0. The minimum absolute atomic E-state index is 0.103. The molecule has 0 aliphatic carbocycles. The van der Waals surface area contributed by atoms with Crippen molar-refractivity contribution in [3.63, 3.8) is 0 Å². The van der Waals surface area contributed by atoms with Gasteiger partial charge in [-0.2, -0.15) is 9.61 Å². The van der Waals surface area contributed by atoms with Crippen LogP contribution in [0.1, 0.15) is 17.6 Å². The van der Waals surface area contributed by atoms with Gasteiger partial charge in [-0.3, -0.25) is 4.79 Å². The largest absolute Gasteiger partial charge is 0.482 e. The van der Waals surface area contributed by atoms with Crippen LogP contribution in [0.5, 0.6) is 5.75 Å². The van der Waals surface area contributed by atoms with Crippen molar-refractivity contribution in [1.29, 1.82) is 0 Å². The van der Waals surface area contributed by atoms with E-state index in [1.165, 1.54) is 21.9 Å². The Morgan fingerprint density at radius 3 is 2.80 bits per heavy atom. The normalized spacial score (nSPS) is 10.8. The molecule has 0 saturated heterocycles. The second-order valence-electron chi connectivity index (χ2n) is 5.03. The van der Waals surface area contributed by atoms with E-state index in [1.54, 1.807) is 24.3 Å². The molecular formula is C16H14ClN3O4S. The Morgan fingerprint density at radius 1 is 1.32 bits per heavy atom. The first-order valence-electron chi connectivity index (χ1n) is 7.48. The van der Waals surface area contributed by atoms with Gasteiger partial charge in [-0.25, -0.2) is 9.78 Å². The topological polar surface area (TPSA) is 82.8 Å². The molecule has 0 aliphatic rings. The lowest BCUT2D eigenvalue weighted by Gasteiger charge is -2.06. The van der Waals surface area contributed by atoms with E-state index in [4.69, 9.17) is 21.1 Å². The lowest BCUT2D eigenvalue weighted by atomic mass is 10.3. The highest BCUT2D eigenvalue weighted by Gasteiger charge is 2.10. The number of fused-ring (bicyclic) bond motifs is 1. The first-order valence-corrected chi connectivity index (χ1v) is 8.67. The third kappa shape index (κ3) is 4.34. The van der Waals surface area contributed by atoms with Crippen LogP contribution in [0.4, 0.5) is 0 Å². The Morgan fingerprint density at radius 2 is 2.08 bits per heavy atom. The molecule has 2 heterocycles. The predicted octanol–water partition coefficient (Wildman–Crippen LogP) is 2.49. The molecular weight excluding hydrogens is 366 g/mol. The average molecular weight is 380 g/mol. The minimum Gasteiger partial charge on any atom is -0.482 e. The van der Waals surface area contributed by atoms with E-state index >= 15 is 0 Å². The van der Waals surface area contributed by atoms with Crippen molar-refractivity contribution >= 4 is 33.9 Å². The Kier molecular flexibility index (Phi) is 5.30. The summed E-state index contributed by atoms with van der Waals surface area (Å²) in [5.74, 6) is -0.0496. The van der Waals surface area contributed by atoms with Gasteiger partial charge in [0.05, 0.1) is 5.69 Å². The summed E-state index contributed by atoms with van der Waals surface area (Å²) in [6, 6.07) is 7.94. The van der Waals surface area contributed by atoms with Gasteiger partial charge in [-0.1, -0.05) is 29.9 Å². The van der Waals surface area contributed by atoms with Crippen molar-refractivity contribution in [2.75, 3.05) is 6.61 Å². The van der Waals surface area contributed by atoms with E-state index < -0.39 is 5.97 Å². The minimum atomic E-state index is -0.560. The van der Waals surface area contributed by atoms with E-state index in [1.807, 2.05) is 6.92 Å². The highest BCUT2D eigenvalue weighted by atomic mass is 35.5. The number of hydrogen-bond acceptors (Lipinski definition) is 7. The molecule has 3 aromatic rings. The molecule has 9 heteroatoms. The van der Waals surface area contributed by atoms with E-state index in [0.717, 1.165) is 11.4 Å². The quantitative estimate of drug-likeness (QED) is 0.612. The maximum atomic E-state index is 12.0. The predicted molar refractivity (Wildman–Crippen MR) is 93.3 cm³/mol. The Bertz CT molecular complexity index is 952. The van der Waals surface area contributed by atoms with Crippen LogP contribution in [0.3, 0.4) is 0 Å². The summed E-state index contributed by atoms with van der Waals surface area (Å²) in [6.45, 7) is 1.60. The van der Waals surface area contributed by atoms with Crippen molar-refractivity contribution in [3.8, 4) is 5.75 Å². The van der Waals surface area contributed by atoms with Crippen LogP contribution >= 0.6 is 22.9 Å². The lowest BCUT2D eigenvalue weighted by Crippen LogP contribution is -2.18. The second kappa shape index (κ2) is 7.62. The number of carbonyl (C=O) groups is 1. The number of halogens is 1. The van der Waals surface area contributed by atoms with Gasteiger partial charge >= 0.3 is 5.97 Å². The van der Waals surface area contributed by atoms with Crippen molar-refractivity contribution in [2.45, 2.75) is 20.0 Å². The van der Waals surface area contributed by atoms with Gasteiger partial charge in [0.2, 0.25) is 4.96 Å². The van der Waals surface area contributed by atoms with Crippen molar-refractivity contribution in [2.24, 2.45) is 0 Å². The lowest BCUT2D eigenvalue weighted by molar-refractivity contribution is -0.147. The van der Waals surface area contributed by atoms with Crippen LogP contribution in [0.15, 0.2) is 35.1 Å². The van der Waals surface area contributed by atoms with Gasteiger partial charge in [-0.15, -0.1) is 0 Å². The van der Waals surface area contributed by atoms with Gasteiger partial charge in [0, 0.05) is 11.1 Å². The second-order valence-corrected chi connectivity index (χ2v) is 6.51. The van der Waals surface area contributed by atoms with Crippen LogP contribution in [0, 0.1) is 0 Å². The van der Waals surface area contributed by atoms with E-state index in [2.05, 4.69) is 10.1 Å². The van der Waals surface area contributed by atoms with Gasteiger partial charge in [0.25, 0.3) is 5.56 Å². The molecule has 0 amide bonds. The van der Waals surface area contributed by atoms with E-state index in [9.17, 15) is 9.59 Å². The molecule has 1 aromatic carbocycles. The number of nitrogens with zero attached hydrogens (tertiary/aromatic N) is 3. The van der Waals surface area contributed by atoms with Gasteiger partial charge in [-0.05, 0) is 30.7 Å². The molecule has 0 N–H and O–H groups in total. The zero-order chi connectivity index (χ0) is 17.8. The molecule has 3 rings (SSSR count). The van der Waals surface area contributed by atoms with Crippen LogP contribution in [-0.2, 0) is 22.6 Å². The summed E-state index contributed by atoms with van der Waals surface area (Å²) in [5, 5.41) is 5.55. The molecule has 0 unspecified atom stereocenters. The summed E-state index contributed by atoms with van der Waals surface area (Å²) in [5.41, 5.74) is 0.0700. The van der Waals surface area contributed by atoms with Crippen molar-refractivity contribution in [3.05, 3.63) is 56.4 Å². The molecule has 0 radical (unpaired) electrons. The Balaban J connectivity index is 1.59. The molecule has 0 bridgehead atoms. The zero-order valence-electron chi connectivity index (χ0n) is 13.3. The maximum absolute atomic E-state index is 12.0. The molecule has 0 saturated carbocycles. The standard InChI is InChI=1S/C16H14ClN3O4S/c1-2-13-19-20-14(21)7-11(18-16(20)25-13)8-24-15(22)9-23-12-5-3-10(17)4-6-12/h3-7H,2,8-9H2,1H3. The van der Waals surface area contributed by atoms with Crippen molar-refractivity contribution < 1.29 is 14.3 Å². The van der Waals surface area contributed by atoms with E-state index in [0.29, 0.717) is 21.4 Å². The van der Waals surface area contributed by atoms with Gasteiger partial charge in [0.15, 0.2) is 6.61 Å². The first kappa shape index (κ1) is 17.4. The van der Waals surface area contributed by atoms with Crippen LogP contribution < -0.4 is 10.3 Å². The number of rotatable bonds is 6. The van der Waals surface area contributed by atoms with Crippen molar-refractivity contribution in [1.82, 2.24) is 14.6 Å². The van der Waals surface area contributed by atoms with Crippen LogP contribution in [0.25, 0.3) is 4.96 Å². The molecule has 7 nitrogen and oxygen atoms in total. The Hall–Kier alpha value is -2.45. The third-order valence-corrected chi connectivity index (χ3v) is 4.50. The smallest absolute Gasteiger partial charge is 0.344 e. The van der Waals surface area contributed by atoms with E-state index in [-0.39, 0.29) is 18.8 Å². The fourth-order valence-electron chi connectivity index (χ4n) is 1.98. The summed E-state index contributed by atoms with van der Waals surface area (Å²) < 4.78 is 11.6. The number of carbonyl (C=O) groups excluding carboxylic acids is 1. The number of esters is 1. The fraction of sp³-hybridized carbons (Fsp3) is 0.250. The van der Waals surface area contributed by atoms with Gasteiger partial charge in [0.1, 0.15) is 17.4 Å². The number of aryl methyl sites for hydroxylation is 1. The summed E-state index contributed by atoms with van der Waals surface area (Å²) in [7, 11) is 0. The molecule has 2 aromatic heterocycles. The highest BCUT2D eigenvalue weighted by molar-refractivity contribution is 7.16. The third-order valence-electron chi connectivity index (χ3n) is 3.19. The summed E-state index contributed by atoms with van der Waals surface area (Å²) in [4.78, 5) is 28.5. The van der Waals surface area contributed by atoms with Crippen LogP contribution in [0.2, 0.25) is 5.02 Å². The van der Waals surface area contributed by atoms with Gasteiger partial charge < -0.3 is 9.47 Å². The SMILES string of the molecule is CCc1nn2c(=O)cc(COC(=O)COc3ccc(Cl)cc3)nc2s1. The first-order chi connectivity index (χ1) is 12.0. The molecule has 25 heavy (non-hydrogen) atoms. The fourth-order valence-corrected chi connectivity index (χ4v) is 2.97. The summed E-state index contributed by atoms with van der Waals surface area (Å²) >= 11 is 7.11. The molecule has 0 atom stereocenters. The molecule has 130 valence electrons. The molecule has 0 fully saturated rings. The monoisotopic (exact) mass is 379 g/mol. The number of benzene rings is 1. The van der Waals surface area contributed by atoms with Crippen LogP contribution in [-0.4, -0.2) is 27.2 Å².